The highest BCUT2D eigenvalue weighted by atomic mass is 16.6. The molecule has 0 amide bonds. The van der Waals surface area contributed by atoms with Gasteiger partial charge in [-0.2, -0.15) is 0 Å². The van der Waals surface area contributed by atoms with Gasteiger partial charge in [0, 0.05) is 31.4 Å². The average molecular weight is 248 g/mol. The molecule has 6 nitrogen and oxygen atoms in total. The van der Waals surface area contributed by atoms with Crippen molar-refractivity contribution in [1.29, 1.82) is 0 Å². The zero-order valence-corrected chi connectivity index (χ0v) is 10.2. The lowest BCUT2D eigenvalue weighted by Crippen LogP contribution is -2.59. The van der Waals surface area contributed by atoms with Crippen molar-refractivity contribution < 1.29 is 4.92 Å². The quantitative estimate of drug-likeness (QED) is 0.595. The summed E-state index contributed by atoms with van der Waals surface area (Å²) in [5.41, 5.74) is 0.109. The lowest BCUT2D eigenvalue weighted by Gasteiger charge is -2.44. The van der Waals surface area contributed by atoms with Gasteiger partial charge in [-0.25, -0.2) is 4.98 Å². The average Bonchev–Trinajstić information content (AvgIpc) is 2.81. The van der Waals surface area contributed by atoms with Crippen LogP contribution >= 0.6 is 0 Å². The highest BCUT2D eigenvalue weighted by molar-refractivity contribution is 5.59. The predicted octanol–water partition coefficient (Wildman–Crippen LogP) is 1.27. The summed E-state index contributed by atoms with van der Waals surface area (Å²) in [7, 11) is 0. The number of hydrogen-bond acceptors (Lipinski definition) is 5. The molecule has 0 saturated carbocycles. The second-order valence-electron chi connectivity index (χ2n) is 4.91. The van der Waals surface area contributed by atoms with E-state index in [1.54, 1.807) is 12.3 Å². The summed E-state index contributed by atoms with van der Waals surface area (Å²) in [6.45, 7) is 4.06. The van der Waals surface area contributed by atoms with Crippen molar-refractivity contribution >= 4 is 11.5 Å². The largest absolute Gasteiger partial charge is 0.348 e. The Balaban J connectivity index is 1.69. The fourth-order valence-electron chi connectivity index (χ4n) is 2.74. The molecule has 0 radical (unpaired) electrons. The van der Waals surface area contributed by atoms with E-state index in [0.717, 1.165) is 13.1 Å². The maximum Gasteiger partial charge on any atom is 0.311 e. The Kier molecular flexibility index (Phi) is 2.87. The molecule has 2 saturated heterocycles. The van der Waals surface area contributed by atoms with Gasteiger partial charge in [0.1, 0.15) is 0 Å². The fourth-order valence-corrected chi connectivity index (χ4v) is 2.74. The summed E-state index contributed by atoms with van der Waals surface area (Å²) in [4.78, 5) is 19.2. The molecule has 0 aromatic carbocycles. The van der Waals surface area contributed by atoms with Crippen molar-refractivity contribution in [2.45, 2.75) is 18.9 Å². The molecule has 18 heavy (non-hydrogen) atoms. The second kappa shape index (κ2) is 4.53. The topological polar surface area (TPSA) is 62.5 Å². The highest BCUT2D eigenvalue weighted by Crippen LogP contribution is 2.30. The van der Waals surface area contributed by atoms with E-state index in [1.165, 1.54) is 32.0 Å². The van der Waals surface area contributed by atoms with Gasteiger partial charge in [0.15, 0.2) is 0 Å². The minimum atomic E-state index is -0.356. The fraction of sp³-hybridized carbons (Fsp3) is 0.583. The monoisotopic (exact) mass is 248 g/mol. The van der Waals surface area contributed by atoms with E-state index in [9.17, 15) is 10.1 Å². The molecule has 0 N–H and O–H groups in total. The molecule has 3 heterocycles. The highest BCUT2D eigenvalue weighted by Gasteiger charge is 2.36. The molecule has 0 atom stereocenters. The SMILES string of the molecule is O=[N+]([O-])c1cccnc1N1CC(N2CCCC2)C1. The van der Waals surface area contributed by atoms with Crippen LogP contribution in [-0.4, -0.2) is 47.0 Å². The molecule has 0 unspecified atom stereocenters. The molecule has 3 rings (SSSR count). The van der Waals surface area contributed by atoms with E-state index in [-0.39, 0.29) is 10.6 Å². The molecule has 2 aliphatic heterocycles. The lowest BCUT2D eigenvalue weighted by molar-refractivity contribution is -0.384. The Bertz CT molecular complexity index is 453. The van der Waals surface area contributed by atoms with Gasteiger partial charge in [-0.1, -0.05) is 0 Å². The number of hydrogen-bond donors (Lipinski definition) is 0. The molecule has 2 fully saturated rings. The summed E-state index contributed by atoms with van der Waals surface area (Å²) in [6, 6.07) is 3.68. The Labute approximate surface area is 105 Å². The van der Waals surface area contributed by atoms with Crippen molar-refractivity contribution in [2.75, 3.05) is 31.1 Å². The van der Waals surface area contributed by atoms with Gasteiger partial charge in [-0.15, -0.1) is 0 Å². The van der Waals surface area contributed by atoms with Crippen molar-refractivity contribution in [1.82, 2.24) is 9.88 Å². The van der Waals surface area contributed by atoms with Crippen LogP contribution in [0.5, 0.6) is 0 Å². The molecule has 0 aliphatic carbocycles. The number of nitro groups is 1. The number of rotatable bonds is 3. The smallest absolute Gasteiger partial charge is 0.311 e. The maximum atomic E-state index is 10.9. The summed E-state index contributed by atoms with van der Waals surface area (Å²) >= 11 is 0. The molecular weight excluding hydrogens is 232 g/mol. The number of pyridine rings is 1. The van der Waals surface area contributed by atoms with Gasteiger partial charge in [0.25, 0.3) is 0 Å². The van der Waals surface area contributed by atoms with E-state index < -0.39 is 0 Å². The van der Waals surface area contributed by atoms with E-state index in [0.29, 0.717) is 11.9 Å². The van der Waals surface area contributed by atoms with Crippen LogP contribution in [0.25, 0.3) is 0 Å². The summed E-state index contributed by atoms with van der Waals surface area (Å²) in [5.74, 6) is 0.512. The first-order valence-corrected chi connectivity index (χ1v) is 6.34. The maximum absolute atomic E-state index is 10.9. The lowest BCUT2D eigenvalue weighted by atomic mass is 10.1. The zero-order valence-electron chi connectivity index (χ0n) is 10.2. The van der Waals surface area contributed by atoms with Crippen LogP contribution in [-0.2, 0) is 0 Å². The standard InChI is InChI=1S/C12H16N4O2/c17-16(18)11-4-3-5-13-12(11)15-8-10(9-15)14-6-1-2-7-14/h3-5,10H,1-2,6-9H2. The van der Waals surface area contributed by atoms with Gasteiger partial charge in [0.2, 0.25) is 5.82 Å². The summed E-state index contributed by atoms with van der Waals surface area (Å²) in [5, 5.41) is 10.9. The van der Waals surface area contributed by atoms with Gasteiger partial charge in [-0.05, 0) is 32.0 Å². The third-order valence-corrected chi connectivity index (χ3v) is 3.78. The first-order valence-electron chi connectivity index (χ1n) is 6.34. The molecule has 2 aliphatic rings. The van der Waals surface area contributed by atoms with Crippen LogP contribution in [0.2, 0.25) is 0 Å². The first kappa shape index (κ1) is 11.4. The molecule has 0 bridgehead atoms. The van der Waals surface area contributed by atoms with Gasteiger partial charge < -0.3 is 4.90 Å². The molecule has 1 aromatic heterocycles. The Hall–Kier alpha value is -1.69. The van der Waals surface area contributed by atoms with Gasteiger partial charge in [-0.3, -0.25) is 15.0 Å². The third kappa shape index (κ3) is 1.92. The molecule has 1 aromatic rings. The van der Waals surface area contributed by atoms with Crippen LogP contribution in [0.1, 0.15) is 12.8 Å². The van der Waals surface area contributed by atoms with E-state index in [2.05, 4.69) is 9.88 Å². The van der Waals surface area contributed by atoms with Gasteiger partial charge in [0.05, 0.1) is 4.92 Å². The first-order chi connectivity index (χ1) is 8.75. The molecule has 0 spiro atoms. The molecule has 96 valence electrons. The Morgan fingerprint density at radius 2 is 2.06 bits per heavy atom. The van der Waals surface area contributed by atoms with Crippen molar-refractivity contribution in [3.63, 3.8) is 0 Å². The Morgan fingerprint density at radius 1 is 1.33 bits per heavy atom. The summed E-state index contributed by atoms with van der Waals surface area (Å²) in [6.07, 6.45) is 4.17. The van der Waals surface area contributed by atoms with E-state index >= 15 is 0 Å². The number of likely N-dealkylation sites (tertiary alicyclic amines) is 1. The number of nitrogens with zero attached hydrogens (tertiary/aromatic N) is 4. The van der Waals surface area contributed by atoms with Crippen LogP contribution in [0.4, 0.5) is 11.5 Å². The summed E-state index contributed by atoms with van der Waals surface area (Å²) < 4.78 is 0. The van der Waals surface area contributed by atoms with Crippen molar-refractivity contribution in [3.05, 3.63) is 28.4 Å². The minimum absolute atomic E-state index is 0.109. The molecular formula is C12H16N4O2. The van der Waals surface area contributed by atoms with Crippen molar-refractivity contribution in [2.24, 2.45) is 0 Å². The number of aromatic nitrogens is 1. The predicted molar refractivity (Wildman–Crippen MR) is 67.7 cm³/mol. The van der Waals surface area contributed by atoms with Crippen LogP contribution in [0.3, 0.4) is 0 Å². The van der Waals surface area contributed by atoms with Crippen LogP contribution < -0.4 is 4.90 Å². The second-order valence-corrected chi connectivity index (χ2v) is 4.91. The number of anilines is 1. The van der Waals surface area contributed by atoms with Crippen LogP contribution in [0.15, 0.2) is 18.3 Å². The van der Waals surface area contributed by atoms with E-state index in [4.69, 9.17) is 0 Å². The zero-order chi connectivity index (χ0) is 12.5. The molecule has 6 heteroatoms. The Morgan fingerprint density at radius 3 is 2.72 bits per heavy atom. The van der Waals surface area contributed by atoms with Gasteiger partial charge >= 0.3 is 5.69 Å². The minimum Gasteiger partial charge on any atom is -0.348 e. The normalized spacial score (nSPS) is 21.0. The van der Waals surface area contributed by atoms with Crippen molar-refractivity contribution in [3.8, 4) is 0 Å². The van der Waals surface area contributed by atoms with Crippen LogP contribution in [0, 0.1) is 10.1 Å². The third-order valence-electron chi connectivity index (χ3n) is 3.78. The van der Waals surface area contributed by atoms with E-state index in [1.807, 2.05) is 4.90 Å².